The monoisotopic (exact) mass is 761 g/mol. The van der Waals surface area contributed by atoms with Crippen molar-refractivity contribution >= 4 is 70.3 Å². The van der Waals surface area contributed by atoms with Crippen LogP contribution in [0.5, 0.6) is 0 Å². The van der Waals surface area contributed by atoms with Gasteiger partial charge in [0.05, 0.1) is 22.2 Å². The van der Waals surface area contributed by atoms with E-state index < -0.39 is 0 Å². The SMILES string of the molecule is CC1C=Cc2c(c3ccc4c(c5ccccc5n4-c4ccccc4)c3n2-c2nc(-c3cccc(-c4ccccc4)c3)nc(-c3ccc4c(c3)sc3ccccc34)n2)C1. The molecule has 0 radical (unpaired) electrons. The summed E-state index contributed by atoms with van der Waals surface area (Å²) < 4.78 is 7.20. The molecule has 6 heteroatoms. The van der Waals surface area contributed by atoms with Crippen LogP contribution in [0.1, 0.15) is 18.2 Å². The Morgan fingerprint density at radius 1 is 0.517 bits per heavy atom. The molecule has 4 heterocycles. The molecule has 0 amide bonds. The fourth-order valence-electron chi connectivity index (χ4n) is 9.07. The van der Waals surface area contributed by atoms with Crippen molar-refractivity contribution in [3.8, 4) is 45.5 Å². The highest BCUT2D eigenvalue weighted by molar-refractivity contribution is 7.25. The minimum Gasteiger partial charge on any atom is -0.309 e. The van der Waals surface area contributed by atoms with E-state index in [0.717, 1.165) is 56.6 Å². The summed E-state index contributed by atoms with van der Waals surface area (Å²) in [6.07, 6.45) is 5.54. The van der Waals surface area contributed by atoms with Crippen molar-refractivity contribution in [2.45, 2.75) is 13.3 Å². The highest BCUT2D eigenvalue weighted by Crippen LogP contribution is 2.43. The molecule has 1 atom stereocenters. The minimum atomic E-state index is 0.408. The molecule has 12 rings (SSSR count). The topological polar surface area (TPSA) is 48.5 Å². The first-order valence-electron chi connectivity index (χ1n) is 19.8. The summed E-state index contributed by atoms with van der Waals surface area (Å²) in [5, 5.41) is 6.13. The van der Waals surface area contributed by atoms with E-state index in [-0.39, 0.29) is 0 Å². The molecule has 0 N–H and O–H groups in total. The summed E-state index contributed by atoms with van der Waals surface area (Å²) in [5.41, 5.74) is 11.2. The lowest BCUT2D eigenvalue weighted by Gasteiger charge is -2.16. The zero-order valence-electron chi connectivity index (χ0n) is 31.7. The van der Waals surface area contributed by atoms with Gasteiger partial charge in [-0.1, -0.05) is 134 Å². The van der Waals surface area contributed by atoms with Crippen molar-refractivity contribution in [2.24, 2.45) is 5.92 Å². The van der Waals surface area contributed by atoms with Crippen molar-refractivity contribution in [3.05, 3.63) is 181 Å². The number of aromatic nitrogens is 5. The smallest absolute Gasteiger partial charge is 0.238 e. The summed E-state index contributed by atoms with van der Waals surface area (Å²) in [7, 11) is 0. The molecule has 11 aromatic rings. The number of hydrogen-bond donors (Lipinski definition) is 0. The van der Waals surface area contributed by atoms with Gasteiger partial charge in [0.15, 0.2) is 11.6 Å². The average Bonchev–Trinajstić information content (AvgIpc) is 3.94. The third-order valence-corrected chi connectivity index (χ3v) is 12.9. The number of nitrogens with zero attached hydrogens (tertiary/aromatic N) is 5. The largest absolute Gasteiger partial charge is 0.309 e. The van der Waals surface area contributed by atoms with E-state index in [0.29, 0.717) is 23.5 Å². The van der Waals surface area contributed by atoms with Crippen LogP contribution in [0.15, 0.2) is 170 Å². The predicted octanol–water partition coefficient (Wildman–Crippen LogP) is 13.5. The summed E-state index contributed by atoms with van der Waals surface area (Å²) >= 11 is 1.81. The summed E-state index contributed by atoms with van der Waals surface area (Å²) in [6, 6.07) is 58.4. The lowest BCUT2D eigenvalue weighted by atomic mass is 9.93. The third kappa shape index (κ3) is 5.12. The van der Waals surface area contributed by atoms with E-state index in [4.69, 9.17) is 15.0 Å². The maximum Gasteiger partial charge on any atom is 0.238 e. The van der Waals surface area contributed by atoms with Crippen LogP contribution in [-0.2, 0) is 6.42 Å². The Bertz CT molecular complexity index is 3440. The lowest BCUT2D eigenvalue weighted by Crippen LogP contribution is -2.10. The average molecular weight is 762 g/mol. The highest BCUT2D eigenvalue weighted by Gasteiger charge is 2.27. The van der Waals surface area contributed by atoms with Gasteiger partial charge in [0, 0.05) is 53.1 Å². The summed E-state index contributed by atoms with van der Waals surface area (Å²) in [4.78, 5) is 16.2. The van der Waals surface area contributed by atoms with E-state index in [2.05, 4.69) is 192 Å². The predicted molar refractivity (Wildman–Crippen MR) is 242 cm³/mol. The van der Waals surface area contributed by atoms with E-state index >= 15 is 0 Å². The van der Waals surface area contributed by atoms with E-state index in [1.165, 1.54) is 41.9 Å². The summed E-state index contributed by atoms with van der Waals surface area (Å²) in [5.74, 6) is 2.30. The van der Waals surface area contributed by atoms with Crippen LogP contribution < -0.4 is 0 Å². The molecule has 0 fully saturated rings. The number of para-hydroxylation sites is 2. The Hall–Kier alpha value is -7.15. The Labute approximate surface area is 338 Å². The van der Waals surface area contributed by atoms with Crippen molar-refractivity contribution in [1.82, 2.24) is 24.1 Å². The van der Waals surface area contributed by atoms with Crippen molar-refractivity contribution in [1.29, 1.82) is 0 Å². The van der Waals surface area contributed by atoms with Gasteiger partial charge in [-0.05, 0) is 77.6 Å². The Kier molecular flexibility index (Phi) is 7.37. The molecule has 1 aliphatic rings. The molecule has 0 bridgehead atoms. The number of benzene rings is 7. The van der Waals surface area contributed by atoms with Crippen molar-refractivity contribution in [2.75, 3.05) is 0 Å². The normalized spacial score (nSPS) is 14.0. The molecule has 58 heavy (non-hydrogen) atoms. The molecule has 274 valence electrons. The molecule has 0 saturated carbocycles. The maximum absolute atomic E-state index is 5.45. The number of fused-ring (bicyclic) bond motifs is 10. The van der Waals surface area contributed by atoms with Gasteiger partial charge >= 0.3 is 0 Å². The first-order valence-corrected chi connectivity index (χ1v) is 20.6. The van der Waals surface area contributed by atoms with Gasteiger partial charge in [-0.3, -0.25) is 4.57 Å². The van der Waals surface area contributed by atoms with Crippen LogP contribution in [0.25, 0.3) is 104 Å². The van der Waals surface area contributed by atoms with Crippen LogP contribution in [-0.4, -0.2) is 24.1 Å². The van der Waals surface area contributed by atoms with Crippen LogP contribution in [0, 0.1) is 5.92 Å². The Morgan fingerprint density at radius 2 is 1.19 bits per heavy atom. The molecule has 1 unspecified atom stereocenters. The van der Waals surface area contributed by atoms with Crippen LogP contribution >= 0.6 is 11.3 Å². The first kappa shape index (κ1) is 33.0. The maximum atomic E-state index is 5.45. The van der Waals surface area contributed by atoms with Gasteiger partial charge in [-0.25, -0.2) is 4.98 Å². The van der Waals surface area contributed by atoms with E-state index in [9.17, 15) is 0 Å². The molecule has 0 spiro atoms. The number of allylic oxidation sites excluding steroid dienone is 1. The van der Waals surface area contributed by atoms with Gasteiger partial charge in [0.2, 0.25) is 5.95 Å². The molecular weight excluding hydrogens is 727 g/mol. The van der Waals surface area contributed by atoms with Gasteiger partial charge in [-0.2, -0.15) is 9.97 Å². The first-order chi connectivity index (χ1) is 28.7. The van der Waals surface area contributed by atoms with Gasteiger partial charge in [0.25, 0.3) is 0 Å². The van der Waals surface area contributed by atoms with Gasteiger partial charge in [0.1, 0.15) is 0 Å². The second-order valence-electron chi connectivity index (χ2n) is 15.3. The molecule has 1 aliphatic carbocycles. The fourth-order valence-corrected chi connectivity index (χ4v) is 10.2. The molecule has 0 saturated heterocycles. The molecule has 5 nitrogen and oxygen atoms in total. The quantitative estimate of drug-likeness (QED) is 0.175. The Balaban J connectivity index is 1.17. The molecule has 7 aromatic carbocycles. The number of rotatable bonds is 5. The highest BCUT2D eigenvalue weighted by atomic mass is 32.1. The fraction of sp³-hybridized carbons (Fsp3) is 0.0577. The lowest BCUT2D eigenvalue weighted by molar-refractivity contribution is 0.716. The van der Waals surface area contributed by atoms with E-state index in [1.54, 1.807) is 0 Å². The van der Waals surface area contributed by atoms with E-state index in [1.807, 2.05) is 11.3 Å². The standard InChI is InChI=1S/C52H35N5S/c1-32-23-27-44-42(29-32)40-26-28-45-48(41-20-8-10-21-43(41)56(45)37-17-6-3-7-18-37)49(40)57(44)52-54-50(35-16-12-15-34(30-35)33-13-4-2-5-14-33)53-51(55-52)36-24-25-39-38-19-9-11-22-46(38)58-47(39)31-36/h2-28,30-32H,29H2,1H3. The molecule has 4 aromatic heterocycles. The van der Waals surface area contributed by atoms with Crippen molar-refractivity contribution < 1.29 is 0 Å². The second kappa shape index (κ2) is 12.9. The van der Waals surface area contributed by atoms with Gasteiger partial charge in [-0.15, -0.1) is 11.3 Å². The minimum absolute atomic E-state index is 0.408. The Morgan fingerprint density at radius 3 is 2.03 bits per heavy atom. The zero-order chi connectivity index (χ0) is 38.3. The third-order valence-electron chi connectivity index (χ3n) is 11.7. The number of hydrogen-bond acceptors (Lipinski definition) is 4. The molecule has 0 aliphatic heterocycles. The van der Waals surface area contributed by atoms with Crippen LogP contribution in [0.2, 0.25) is 0 Å². The number of thiophene rings is 1. The van der Waals surface area contributed by atoms with Crippen molar-refractivity contribution in [3.63, 3.8) is 0 Å². The zero-order valence-corrected chi connectivity index (χ0v) is 32.5. The van der Waals surface area contributed by atoms with Crippen LogP contribution in [0.3, 0.4) is 0 Å². The van der Waals surface area contributed by atoms with Gasteiger partial charge < -0.3 is 4.57 Å². The second-order valence-corrected chi connectivity index (χ2v) is 16.4. The van der Waals surface area contributed by atoms with Crippen LogP contribution in [0.4, 0.5) is 0 Å². The summed E-state index contributed by atoms with van der Waals surface area (Å²) in [6.45, 7) is 2.30. The molecular formula is C52H35N5S.